The first-order chi connectivity index (χ1) is 12.7. The molecule has 0 bridgehead atoms. The molecule has 6 heteroatoms. The van der Waals surface area contributed by atoms with Gasteiger partial charge in [0.05, 0.1) is 23.9 Å². The molecule has 0 saturated carbocycles. The molecule has 0 aliphatic heterocycles. The minimum atomic E-state index is 0.677. The maximum Gasteiger partial charge on any atom is 0.120 e. The van der Waals surface area contributed by atoms with Crippen LogP contribution >= 0.6 is 23.5 Å². The molecule has 0 radical (unpaired) electrons. The number of ether oxygens (including phenoxy) is 1. The van der Waals surface area contributed by atoms with Crippen molar-refractivity contribution in [1.29, 1.82) is 5.26 Å². The summed E-state index contributed by atoms with van der Waals surface area (Å²) in [6.07, 6.45) is 0.974. The monoisotopic (exact) mass is 385 g/mol. The van der Waals surface area contributed by atoms with Gasteiger partial charge in [0.1, 0.15) is 11.8 Å². The number of hydrogen-bond donors (Lipinski definition) is 1. The molecule has 134 valence electrons. The number of nitrogens with zero attached hydrogens (tertiary/aromatic N) is 2. The summed E-state index contributed by atoms with van der Waals surface area (Å²) in [5.41, 5.74) is 4.62. The van der Waals surface area contributed by atoms with E-state index >= 15 is 0 Å². The SMILES string of the molecule is COc1ccc2c(C#N)c(-c3ccc(NSCCCCl)cc3)n(C)c2c1. The number of nitrogens with one attached hydrogen (secondary N) is 1. The number of halogens is 1. The Morgan fingerprint density at radius 1 is 1.23 bits per heavy atom. The van der Waals surface area contributed by atoms with Crippen molar-refractivity contribution >= 4 is 40.1 Å². The van der Waals surface area contributed by atoms with Crippen molar-refractivity contribution < 1.29 is 4.74 Å². The third kappa shape index (κ3) is 3.62. The minimum Gasteiger partial charge on any atom is -0.497 e. The van der Waals surface area contributed by atoms with Gasteiger partial charge < -0.3 is 14.0 Å². The van der Waals surface area contributed by atoms with Gasteiger partial charge in [-0.05, 0) is 36.2 Å². The number of alkyl halides is 1. The first-order valence-electron chi connectivity index (χ1n) is 8.30. The Labute approximate surface area is 162 Å². The average molecular weight is 386 g/mol. The topological polar surface area (TPSA) is 50.0 Å². The van der Waals surface area contributed by atoms with Crippen molar-refractivity contribution in [3.05, 3.63) is 48.0 Å². The van der Waals surface area contributed by atoms with Crippen molar-refractivity contribution in [3.63, 3.8) is 0 Å². The van der Waals surface area contributed by atoms with Gasteiger partial charge in [0, 0.05) is 35.8 Å². The first-order valence-corrected chi connectivity index (χ1v) is 9.82. The summed E-state index contributed by atoms with van der Waals surface area (Å²) in [4.78, 5) is 0. The Morgan fingerprint density at radius 3 is 2.65 bits per heavy atom. The third-order valence-electron chi connectivity index (χ3n) is 4.25. The minimum absolute atomic E-state index is 0.677. The Kier molecular flexibility index (Phi) is 5.97. The lowest BCUT2D eigenvalue weighted by Crippen LogP contribution is -1.94. The van der Waals surface area contributed by atoms with Gasteiger partial charge in [-0.25, -0.2) is 0 Å². The maximum atomic E-state index is 9.72. The Bertz CT molecular complexity index is 944. The molecular formula is C20H20ClN3OS. The highest BCUT2D eigenvalue weighted by Gasteiger charge is 2.17. The van der Waals surface area contributed by atoms with Crippen LogP contribution in [0.25, 0.3) is 22.2 Å². The van der Waals surface area contributed by atoms with Gasteiger partial charge in [-0.3, -0.25) is 0 Å². The van der Waals surface area contributed by atoms with Crippen molar-refractivity contribution in [2.24, 2.45) is 7.05 Å². The summed E-state index contributed by atoms with van der Waals surface area (Å²) in [5.74, 6) is 2.42. The Morgan fingerprint density at radius 2 is 2.00 bits per heavy atom. The van der Waals surface area contributed by atoms with E-state index in [2.05, 4.69) is 10.8 Å². The zero-order chi connectivity index (χ0) is 18.5. The Balaban J connectivity index is 1.95. The largest absolute Gasteiger partial charge is 0.497 e. The molecule has 1 aromatic heterocycles. The fourth-order valence-corrected chi connectivity index (χ4v) is 3.94. The molecule has 0 spiro atoms. The molecule has 0 aliphatic rings. The number of benzene rings is 2. The lowest BCUT2D eigenvalue weighted by Gasteiger charge is -2.08. The fourth-order valence-electron chi connectivity index (χ4n) is 2.95. The zero-order valence-corrected chi connectivity index (χ0v) is 16.3. The second kappa shape index (κ2) is 8.39. The molecular weight excluding hydrogens is 366 g/mol. The van der Waals surface area contributed by atoms with Crippen LogP contribution in [0.4, 0.5) is 5.69 Å². The van der Waals surface area contributed by atoms with Crippen molar-refractivity contribution in [3.8, 4) is 23.1 Å². The van der Waals surface area contributed by atoms with Gasteiger partial charge >= 0.3 is 0 Å². The van der Waals surface area contributed by atoms with Crippen LogP contribution in [-0.2, 0) is 7.05 Å². The summed E-state index contributed by atoms with van der Waals surface area (Å²) < 4.78 is 10.7. The van der Waals surface area contributed by atoms with E-state index in [0.717, 1.165) is 45.8 Å². The van der Waals surface area contributed by atoms with Crippen LogP contribution in [-0.4, -0.2) is 23.3 Å². The lowest BCUT2D eigenvalue weighted by molar-refractivity contribution is 0.415. The molecule has 1 N–H and O–H groups in total. The maximum absolute atomic E-state index is 9.72. The highest BCUT2D eigenvalue weighted by molar-refractivity contribution is 8.00. The van der Waals surface area contributed by atoms with E-state index in [9.17, 15) is 5.26 Å². The molecule has 3 aromatic rings. The van der Waals surface area contributed by atoms with Gasteiger partial charge in [0.15, 0.2) is 0 Å². The van der Waals surface area contributed by atoms with Crippen molar-refractivity contribution in [1.82, 2.24) is 4.57 Å². The van der Waals surface area contributed by atoms with Crippen LogP contribution < -0.4 is 9.46 Å². The molecule has 0 fully saturated rings. The lowest BCUT2D eigenvalue weighted by atomic mass is 10.1. The van der Waals surface area contributed by atoms with E-state index in [0.29, 0.717) is 11.4 Å². The van der Waals surface area contributed by atoms with Crippen molar-refractivity contribution in [2.45, 2.75) is 6.42 Å². The second-order valence-corrected chi connectivity index (χ2v) is 7.13. The smallest absolute Gasteiger partial charge is 0.120 e. The van der Waals surface area contributed by atoms with Gasteiger partial charge in [0.2, 0.25) is 0 Å². The molecule has 0 unspecified atom stereocenters. The van der Waals surface area contributed by atoms with Crippen LogP contribution in [0.3, 0.4) is 0 Å². The number of fused-ring (bicyclic) bond motifs is 1. The quantitative estimate of drug-likeness (QED) is 0.335. The molecule has 2 aromatic carbocycles. The third-order valence-corrected chi connectivity index (χ3v) is 5.39. The van der Waals surface area contributed by atoms with Gasteiger partial charge in [-0.15, -0.1) is 11.6 Å². The van der Waals surface area contributed by atoms with E-state index in [4.69, 9.17) is 16.3 Å². The average Bonchev–Trinajstić information content (AvgIpc) is 2.97. The molecule has 0 amide bonds. The van der Waals surface area contributed by atoms with Crippen LogP contribution in [0.5, 0.6) is 5.75 Å². The van der Waals surface area contributed by atoms with E-state index in [1.165, 1.54) is 0 Å². The number of anilines is 1. The first kappa shape index (κ1) is 18.5. The van der Waals surface area contributed by atoms with Crippen LogP contribution in [0.15, 0.2) is 42.5 Å². The van der Waals surface area contributed by atoms with Gasteiger partial charge in [-0.1, -0.05) is 24.1 Å². The normalized spacial score (nSPS) is 10.7. The van der Waals surface area contributed by atoms with E-state index in [-0.39, 0.29) is 0 Å². The highest BCUT2D eigenvalue weighted by Crippen LogP contribution is 2.34. The summed E-state index contributed by atoms with van der Waals surface area (Å²) in [6, 6.07) is 16.3. The van der Waals surface area contributed by atoms with Crippen LogP contribution in [0, 0.1) is 11.3 Å². The molecule has 0 saturated heterocycles. The number of aryl methyl sites for hydroxylation is 1. The molecule has 3 rings (SSSR count). The predicted molar refractivity (Wildman–Crippen MR) is 111 cm³/mol. The number of hydrogen-bond acceptors (Lipinski definition) is 4. The van der Waals surface area contributed by atoms with Crippen LogP contribution in [0.2, 0.25) is 0 Å². The number of nitriles is 1. The number of rotatable bonds is 7. The summed E-state index contributed by atoms with van der Waals surface area (Å²) in [7, 11) is 3.62. The van der Waals surface area contributed by atoms with E-state index in [1.807, 2.05) is 54.1 Å². The highest BCUT2D eigenvalue weighted by atomic mass is 35.5. The molecule has 0 atom stereocenters. The predicted octanol–water partition coefficient (Wildman–Crippen LogP) is 5.41. The number of methoxy groups -OCH3 is 1. The number of aromatic nitrogens is 1. The van der Waals surface area contributed by atoms with Gasteiger partial charge in [-0.2, -0.15) is 5.26 Å². The molecule has 1 heterocycles. The summed E-state index contributed by atoms with van der Waals surface area (Å²) in [5, 5.41) is 10.7. The molecule has 4 nitrogen and oxygen atoms in total. The standard InChI is InChI=1S/C20H20ClN3OS/c1-24-19-12-16(25-2)8-9-17(19)18(13-22)20(24)14-4-6-15(7-5-14)23-26-11-3-10-21/h4-9,12,23H,3,10-11H2,1-2H3. The Hall–Kier alpha value is -2.29. The molecule has 0 aliphatic carbocycles. The van der Waals surface area contributed by atoms with Gasteiger partial charge in [0.25, 0.3) is 0 Å². The summed E-state index contributed by atoms with van der Waals surface area (Å²) in [6.45, 7) is 0. The summed E-state index contributed by atoms with van der Waals surface area (Å²) >= 11 is 7.34. The fraction of sp³-hybridized carbons (Fsp3) is 0.250. The molecule has 26 heavy (non-hydrogen) atoms. The second-order valence-electron chi connectivity index (χ2n) is 5.85. The van der Waals surface area contributed by atoms with Crippen molar-refractivity contribution in [2.75, 3.05) is 23.5 Å². The zero-order valence-electron chi connectivity index (χ0n) is 14.8. The van der Waals surface area contributed by atoms with E-state index < -0.39 is 0 Å². The van der Waals surface area contributed by atoms with Crippen LogP contribution in [0.1, 0.15) is 12.0 Å². The van der Waals surface area contributed by atoms with E-state index in [1.54, 1.807) is 19.1 Å².